The van der Waals surface area contributed by atoms with E-state index in [-0.39, 0.29) is 0 Å². The van der Waals surface area contributed by atoms with Crippen LogP contribution in [-0.4, -0.2) is 50.6 Å². The average Bonchev–Trinajstić information content (AvgIpc) is 3.16. The van der Waals surface area contributed by atoms with Crippen molar-refractivity contribution in [2.75, 3.05) is 24.5 Å². The Hall–Kier alpha value is -1.89. The summed E-state index contributed by atoms with van der Waals surface area (Å²) in [4.78, 5) is 6.89. The first kappa shape index (κ1) is 11.9. The molecule has 106 valence electrons. The normalized spacial score (nSPS) is 25.9. The third-order valence-electron chi connectivity index (χ3n) is 4.33. The van der Waals surface area contributed by atoms with Gasteiger partial charge in [-0.3, -0.25) is 9.78 Å². The second kappa shape index (κ2) is 4.59. The van der Waals surface area contributed by atoms with E-state index in [0.29, 0.717) is 6.04 Å². The van der Waals surface area contributed by atoms with Gasteiger partial charge in [-0.15, -0.1) is 5.10 Å². The first-order valence-electron chi connectivity index (χ1n) is 7.19. The molecule has 2 unspecified atom stereocenters. The van der Waals surface area contributed by atoms with Gasteiger partial charge in [0.05, 0.1) is 11.8 Å². The molecule has 20 heavy (non-hydrogen) atoms. The van der Waals surface area contributed by atoms with Gasteiger partial charge >= 0.3 is 0 Å². The summed E-state index contributed by atoms with van der Waals surface area (Å²) in [7, 11) is 1.90. The number of aromatic amines is 1. The molecule has 7 nitrogen and oxygen atoms in total. The Morgan fingerprint density at radius 3 is 3.10 bits per heavy atom. The smallest absolute Gasteiger partial charge is 0.245 e. The van der Waals surface area contributed by atoms with Crippen molar-refractivity contribution in [3.8, 4) is 11.4 Å². The maximum absolute atomic E-state index is 4.61. The van der Waals surface area contributed by atoms with Crippen LogP contribution >= 0.6 is 0 Å². The van der Waals surface area contributed by atoms with Crippen molar-refractivity contribution in [3.05, 3.63) is 12.4 Å². The Bertz CT molecular complexity index is 587. The first-order chi connectivity index (χ1) is 9.79. The van der Waals surface area contributed by atoms with Gasteiger partial charge in [0.15, 0.2) is 5.82 Å². The van der Waals surface area contributed by atoms with E-state index in [0.717, 1.165) is 42.9 Å². The molecule has 2 aromatic rings. The lowest BCUT2D eigenvalue weighted by atomic mass is 9.94. The number of aryl methyl sites for hydroxylation is 1. The molecular weight excluding hydrogens is 254 g/mol. The van der Waals surface area contributed by atoms with Gasteiger partial charge in [-0.25, -0.2) is 0 Å². The molecule has 0 saturated carbocycles. The second-order valence-corrected chi connectivity index (χ2v) is 5.75. The zero-order chi connectivity index (χ0) is 13.5. The monoisotopic (exact) mass is 273 g/mol. The quantitative estimate of drug-likeness (QED) is 0.828. The van der Waals surface area contributed by atoms with E-state index in [1.54, 1.807) is 10.9 Å². The van der Waals surface area contributed by atoms with Crippen LogP contribution in [0, 0.1) is 5.92 Å². The van der Waals surface area contributed by atoms with Gasteiger partial charge in [-0.05, 0) is 25.3 Å². The van der Waals surface area contributed by atoms with E-state index in [2.05, 4.69) is 30.5 Å². The molecule has 2 fully saturated rings. The van der Waals surface area contributed by atoms with E-state index < -0.39 is 0 Å². The summed E-state index contributed by atoms with van der Waals surface area (Å²) in [6.45, 7) is 3.21. The maximum Gasteiger partial charge on any atom is 0.245 e. The highest BCUT2D eigenvalue weighted by Gasteiger charge is 2.35. The summed E-state index contributed by atoms with van der Waals surface area (Å²) in [6.07, 6.45) is 6.34. The summed E-state index contributed by atoms with van der Waals surface area (Å²) in [5.41, 5.74) is 0.973. The van der Waals surface area contributed by atoms with E-state index in [4.69, 9.17) is 0 Å². The van der Waals surface area contributed by atoms with Crippen molar-refractivity contribution >= 4 is 5.95 Å². The number of piperidine rings is 1. The van der Waals surface area contributed by atoms with E-state index in [1.807, 2.05) is 13.2 Å². The van der Waals surface area contributed by atoms with Crippen LogP contribution in [0.25, 0.3) is 11.4 Å². The summed E-state index contributed by atoms with van der Waals surface area (Å²) < 4.78 is 1.77. The Labute approximate surface area is 117 Å². The summed E-state index contributed by atoms with van der Waals surface area (Å²) in [5.74, 6) is 2.33. The van der Waals surface area contributed by atoms with Gasteiger partial charge in [-0.2, -0.15) is 10.1 Å². The molecule has 4 rings (SSSR count). The number of hydrogen-bond acceptors (Lipinski definition) is 5. The van der Waals surface area contributed by atoms with E-state index in [9.17, 15) is 0 Å². The van der Waals surface area contributed by atoms with Crippen molar-refractivity contribution in [1.29, 1.82) is 0 Å². The third kappa shape index (κ3) is 1.98. The summed E-state index contributed by atoms with van der Waals surface area (Å²) in [5, 5.41) is 15.1. The maximum atomic E-state index is 4.61. The first-order valence-corrected chi connectivity index (χ1v) is 7.19. The van der Waals surface area contributed by atoms with Gasteiger partial charge in [0.2, 0.25) is 5.95 Å². The van der Waals surface area contributed by atoms with Gasteiger partial charge in [0.1, 0.15) is 0 Å². The van der Waals surface area contributed by atoms with Crippen LogP contribution in [0.4, 0.5) is 5.95 Å². The minimum Gasteiger partial charge on any atom is -0.338 e. The van der Waals surface area contributed by atoms with Crippen LogP contribution in [0.5, 0.6) is 0 Å². The van der Waals surface area contributed by atoms with Crippen molar-refractivity contribution in [1.82, 2.24) is 30.3 Å². The number of anilines is 1. The lowest BCUT2D eigenvalue weighted by molar-refractivity contribution is 0.340. The molecule has 4 heterocycles. The number of nitrogens with zero attached hydrogens (tertiary/aromatic N) is 5. The van der Waals surface area contributed by atoms with Crippen LogP contribution < -0.4 is 10.2 Å². The second-order valence-electron chi connectivity index (χ2n) is 5.75. The van der Waals surface area contributed by atoms with Crippen LogP contribution in [0.15, 0.2) is 12.4 Å². The summed E-state index contributed by atoms with van der Waals surface area (Å²) >= 11 is 0. The Morgan fingerprint density at radius 2 is 2.30 bits per heavy atom. The van der Waals surface area contributed by atoms with Gasteiger partial charge in [0.25, 0.3) is 0 Å². The molecule has 7 heteroatoms. The number of fused-ring (bicyclic) bond motifs is 1. The molecular formula is C13H19N7. The number of aromatic nitrogens is 5. The third-order valence-corrected chi connectivity index (χ3v) is 4.33. The predicted molar refractivity (Wildman–Crippen MR) is 75.3 cm³/mol. The highest BCUT2D eigenvalue weighted by Crippen LogP contribution is 2.28. The molecule has 2 atom stereocenters. The molecule has 0 spiro atoms. The molecule has 2 aliphatic heterocycles. The molecule has 0 radical (unpaired) electrons. The zero-order valence-electron chi connectivity index (χ0n) is 11.6. The molecule has 0 bridgehead atoms. The molecule has 0 amide bonds. The standard InChI is InChI=1S/C13H19N7/c1-19-6-10(5-15-19)12-16-13(18-17-12)20-7-9-3-2-4-14-11(9)8-20/h5-6,9,11,14H,2-4,7-8H2,1H3,(H,16,17,18). The van der Waals surface area contributed by atoms with E-state index >= 15 is 0 Å². The van der Waals surface area contributed by atoms with Gasteiger partial charge < -0.3 is 10.2 Å². The van der Waals surface area contributed by atoms with Gasteiger partial charge in [-0.1, -0.05) is 0 Å². The Morgan fingerprint density at radius 1 is 1.35 bits per heavy atom. The fraction of sp³-hybridized carbons (Fsp3) is 0.615. The molecule has 2 saturated heterocycles. The largest absolute Gasteiger partial charge is 0.338 e. The van der Waals surface area contributed by atoms with Crippen molar-refractivity contribution < 1.29 is 0 Å². The van der Waals surface area contributed by atoms with Crippen LogP contribution in [0.1, 0.15) is 12.8 Å². The predicted octanol–water partition coefficient (Wildman–Crippen LogP) is 0.393. The van der Waals surface area contributed by atoms with Crippen LogP contribution in [-0.2, 0) is 7.05 Å². The molecule has 0 aliphatic carbocycles. The SMILES string of the molecule is Cn1cc(-c2nc(N3CC4CCCNC4C3)n[nH]2)cn1. The highest BCUT2D eigenvalue weighted by atomic mass is 15.4. The van der Waals surface area contributed by atoms with Crippen molar-refractivity contribution in [2.24, 2.45) is 13.0 Å². The number of rotatable bonds is 2. The molecule has 2 aliphatic rings. The van der Waals surface area contributed by atoms with E-state index in [1.165, 1.54) is 12.8 Å². The topological polar surface area (TPSA) is 74.7 Å². The van der Waals surface area contributed by atoms with Crippen LogP contribution in [0.3, 0.4) is 0 Å². The Kier molecular flexibility index (Phi) is 2.73. The Balaban J connectivity index is 1.54. The lowest BCUT2D eigenvalue weighted by Gasteiger charge is -2.24. The summed E-state index contributed by atoms with van der Waals surface area (Å²) in [6, 6.07) is 0.601. The molecule has 0 aromatic carbocycles. The van der Waals surface area contributed by atoms with Crippen LogP contribution in [0.2, 0.25) is 0 Å². The lowest BCUT2D eigenvalue weighted by Crippen LogP contribution is -2.40. The fourth-order valence-electron chi connectivity index (χ4n) is 3.28. The fourth-order valence-corrected chi connectivity index (χ4v) is 3.28. The van der Waals surface area contributed by atoms with Gasteiger partial charge in [0, 0.05) is 32.4 Å². The number of H-pyrrole nitrogens is 1. The zero-order valence-corrected chi connectivity index (χ0v) is 11.6. The van der Waals surface area contributed by atoms with Crippen molar-refractivity contribution in [3.63, 3.8) is 0 Å². The highest BCUT2D eigenvalue weighted by molar-refractivity contribution is 5.54. The molecule has 2 aromatic heterocycles. The minimum atomic E-state index is 0.601. The minimum absolute atomic E-state index is 0.601. The molecule has 2 N–H and O–H groups in total. The number of hydrogen-bond donors (Lipinski definition) is 2. The van der Waals surface area contributed by atoms with Crippen molar-refractivity contribution in [2.45, 2.75) is 18.9 Å². The number of nitrogens with one attached hydrogen (secondary N) is 2. The average molecular weight is 273 g/mol.